The maximum Gasteiger partial charge on any atom is 0.276 e. The fraction of sp³-hybridized carbons (Fsp3) is 0.524. The van der Waals surface area contributed by atoms with Crippen LogP contribution in [0.15, 0.2) is 24.3 Å². The standard InChI is InChI=1S/C21H27N3O6/c1-4-29-14-7-5-6-8-15(14)30-11-16(25)22-23-19(26)17-12(2)9-10-13-18(17)21(28)24(3)20(13)27/h5-8,12-13,17-18H,4,9-11H2,1-3H3,(H,22,25)(H,23,26)/t12-,13+,17-,18+/m0/s1. The molecule has 1 aromatic carbocycles. The number of fused-ring (bicyclic) bond motifs is 1. The van der Waals surface area contributed by atoms with Gasteiger partial charge in [0.1, 0.15) is 0 Å². The molecule has 0 unspecified atom stereocenters. The molecule has 1 aliphatic carbocycles. The van der Waals surface area contributed by atoms with E-state index in [1.165, 1.54) is 7.05 Å². The molecule has 4 amide bonds. The highest BCUT2D eigenvalue weighted by Crippen LogP contribution is 2.44. The van der Waals surface area contributed by atoms with E-state index in [1.807, 2.05) is 13.8 Å². The van der Waals surface area contributed by atoms with Gasteiger partial charge in [0.15, 0.2) is 18.1 Å². The first-order chi connectivity index (χ1) is 14.3. The Kier molecular flexibility index (Phi) is 6.59. The molecule has 1 heterocycles. The second-order valence-electron chi connectivity index (χ2n) is 7.65. The van der Waals surface area contributed by atoms with Crippen molar-refractivity contribution in [1.82, 2.24) is 15.8 Å². The predicted octanol–water partition coefficient (Wildman–Crippen LogP) is 0.889. The molecule has 1 saturated carbocycles. The lowest BCUT2D eigenvalue weighted by molar-refractivity contribution is -0.142. The summed E-state index contributed by atoms with van der Waals surface area (Å²) >= 11 is 0. The Hall–Kier alpha value is -3.10. The number of ether oxygens (including phenoxy) is 2. The molecule has 0 spiro atoms. The molecule has 2 fully saturated rings. The molecule has 2 aliphatic rings. The Morgan fingerprint density at radius 3 is 2.40 bits per heavy atom. The van der Waals surface area contributed by atoms with Gasteiger partial charge < -0.3 is 9.47 Å². The van der Waals surface area contributed by atoms with Crippen molar-refractivity contribution >= 4 is 23.6 Å². The van der Waals surface area contributed by atoms with E-state index < -0.39 is 29.6 Å². The maximum absolute atomic E-state index is 12.8. The molecule has 0 radical (unpaired) electrons. The first-order valence-corrected chi connectivity index (χ1v) is 10.1. The van der Waals surface area contributed by atoms with Gasteiger partial charge in [-0.05, 0) is 37.8 Å². The number of hydrazine groups is 1. The van der Waals surface area contributed by atoms with Crippen LogP contribution < -0.4 is 20.3 Å². The highest BCUT2D eigenvalue weighted by Gasteiger charge is 2.55. The highest BCUT2D eigenvalue weighted by atomic mass is 16.5. The minimum atomic E-state index is -0.683. The van der Waals surface area contributed by atoms with E-state index in [0.29, 0.717) is 30.9 Å². The smallest absolute Gasteiger partial charge is 0.276 e. The number of rotatable bonds is 6. The highest BCUT2D eigenvalue weighted by molar-refractivity contribution is 6.07. The normalized spacial score (nSPS) is 25.5. The summed E-state index contributed by atoms with van der Waals surface area (Å²) in [5.41, 5.74) is 4.71. The summed E-state index contributed by atoms with van der Waals surface area (Å²) in [6.45, 7) is 3.86. The molecular weight excluding hydrogens is 390 g/mol. The van der Waals surface area contributed by atoms with Crippen LogP contribution in [0.5, 0.6) is 11.5 Å². The molecule has 9 nitrogen and oxygen atoms in total. The van der Waals surface area contributed by atoms with Gasteiger partial charge in [0.25, 0.3) is 5.91 Å². The molecular formula is C21H27N3O6. The van der Waals surface area contributed by atoms with E-state index in [0.717, 1.165) is 4.90 Å². The number of hydrogen-bond donors (Lipinski definition) is 2. The van der Waals surface area contributed by atoms with Crippen LogP contribution in [0.4, 0.5) is 0 Å². The number of likely N-dealkylation sites (tertiary alicyclic amines) is 1. The Labute approximate surface area is 175 Å². The number of amides is 4. The number of carbonyl (C=O) groups is 4. The van der Waals surface area contributed by atoms with Crippen LogP contribution in [0, 0.1) is 23.7 Å². The first-order valence-electron chi connectivity index (χ1n) is 10.1. The van der Waals surface area contributed by atoms with Crippen LogP contribution in [-0.2, 0) is 19.2 Å². The van der Waals surface area contributed by atoms with Gasteiger partial charge in [-0.3, -0.25) is 34.9 Å². The van der Waals surface area contributed by atoms with Gasteiger partial charge in [-0.15, -0.1) is 0 Å². The molecule has 3 rings (SSSR count). The maximum atomic E-state index is 12.8. The third kappa shape index (κ3) is 4.24. The Bertz CT molecular complexity index is 842. The quantitative estimate of drug-likeness (QED) is 0.525. The molecule has 0 aromatic heterocycles. The summed E-state index contributed by atoms with van der Waals surface area (Å²) in [6, 6.07) is 6.97. The van der Waals surface area contributed by atoms with Gasteiger partial charge >= 0.3 is 0 Å². The SMILES string of the molecule is CCOc1ccccc1OCC(=O)NNC(=O)[C@@H]1[C@@H]2C(=O)N(C)C(=O)[C@@H]2CC[C@@H]1C. The van der Waals surface area contributed by atoms with Crippen molar-refractivity contribution in [2.75, 3.05) is 20.3 Å². The topological polar surface area (TPSA) is 114 Å². The van der Waals surface area contributed by atoms with Crippen LogP contribution in [0.2, 0.25) is 0 Å². The molecule has 0 bridgehead atoms. The number of hydrogen-bond acceptors (Lipinski definition) is 6. The number of carbonyl (C=O) groups excluding carboxylic acids is 4. The third-order valence-corrected chi connectivity index (χ3v) is 5.77. The minimum absolute atomic E-state index is 0.0827. The zero-order valence-electron chi connectivity index (χ0n) is 17.3. The van der Waals surface area contributed by atoms with Crippen molar-refractivity contribution in [1.29, 1.82) is 0 Å². The fourth-order valence-corrected chi connectivity index (χ4v) is 4.25. The fourth-order valence-electron chi connectivity index (χ4n) is 4.25. The molecule has 9 heteroatoms. The number of benzene rings is 1. The molecule has 30 heavy (non-hydrogen) atoms. The second-order valence-corrected chi connectivity index (χ2v) is 7.65. The Balaban J connectivity index is 1.56. The van der Waals surface area contributed by atoms with Gasteiger partial charge in [0.2, 0.25) is 17.7 Å². The number of nitrogens with one attached hydrogen (secondary N) is 2. The van der Waals surface area contributed by atoms with Gasteiger partial charge in [0.05, 0.1) is 24.4 Å². The second kappa shape index (κ2) is 9.15. The number of para-hydroxylation sites is 2. The Morgan fingerprint density at radius 2 is 1.73 bits per heavy atom. The molecule has 2 N–H and O–H groups in total. The number of imide groups is 1. The van der Waals surface area contributed by atoms with Crippen molar-refractivity contribution in [2.45, 2.75) is 26.7 Å². The molecule has 162 valence electrons. The van der Waals surface area contributed by atoms with Crippen molar-refractivity contribution in [3.8, 4) is 11.5 Å². The van der Waals surface area contributed by atoms with Crippen LogP contribution >= 0.6 is 0 Å². The first kappa shape index (κ1) is 21.6. The molecule has 1 saturated heterocycles. The monoisotopic (exact) mass is 417 g/mol. The third-order valence-electron chi connectivity index (χ3n) is 5.77. The average Bonchev–Trinajstić information content (AvgIpc) is 2.95. The van der Waals surface area contributed by atoms with Gasteiger partial charge in [-0.1, -0.05) is 19.1 Å². The van der Waals surface area contributed by atoms with E-state index >= 15 is 0 Å². The zero-order valence-corrected chi connectivity index (χ0v) is 17.3. The molecule has 4 atom stereocenters. The predicted molar refractivity (Wildman–Crippen MR) is 106 cm³/mol. The summed E-state index contributed by atoms with van der Waals surface area (Å²) in [4.78, 5) is 50.8. The summed E-state index contributed by atoms with van der Waals surface area (Å²) in [5.74, 6) is -2.57. The Morgan fingerprint density at radius 1 is 1.07 bits per heavy atom. The van der Waals surface area contributed by atoms with Crippen molar-refractivity contribution < 1.29 is 28.7 Å². The van der Waals surface area contributed by atoms with E-state index in [-0.39, 0.29) is 24.3 Å². The molecule has 1 aliphatic heterocycles. The molecule has 1 aromatic rings. The van der Waals surface area contributed by atoms with E-state index in [9.17, 15) is 19.2 Å². The van der Waals surface area contributed by atoms with E-state index in [4.69, 9.17) is 9.47 Å². The van der Waals surface area contributed by atoms with Gasteiger partial charge in [0, 0.05) is 7.05 Å². The number of nitrogens with zero attached hydrogens (tertiary/aromatic N) is 1. The van der Waals surface area contributed by atoms with Crippen molar-refractivity contribution in [2.24, 2.45) is 23.7 Å². The van der Waals surface area contributed by atoms with E-state index in [2.05, 4.69) is 10.9 Å². The van der Waals surface area contributed by atoms with Crippen LogP contribution in [0.1, 0.15) is 26.7 Å². The van der Waals surface area contributed by atoms with E-state index in [1.54, 1.807) is 24.3 Å². The summed E-state index contributed by atoms with van der Waals surface area (Å²) < 4.78 is 10.9. The lowest BCUT2D eigenvalue weighted by Crippen LogP contribution is -2.51. The lowest BCUT2D eigenvalue weighted by atomic mass is 9.68. The van der Waals surface area contributed by atoms with Crippen LogP contribution in [0.3, 0.4) is 0 Å². The van der Waals surface area contributed by atoms with Gasteiger partial charge in [-0.2, -0.15) is 0 Å². The zero-order chi connectivity index (χ0) is 21.8. The average molecular weight is 417 g/mol. The van der Waals surface area contributed by atoms with Crippen LogP contribution in [0.25, 0.3) is 0 Å². The lowest BCUT2D eigenvalue weighted by Gasteiger charge is -2.34. The minimum Gasteiger partial charge on any atom is -0.490 e. The van der Waals surface area contributed by atoms with Crippen molar-refractivity contribution in [3.63, 3.8) is 0 Å². The summed E-state index contributed by atoms with van der Waals surface area (Å²) in [5, 5.41) is 0. The summed E-state index contributed by atoms with van der Waals surface area (Å²) in [7, 11) is 1.45. The largest absolute Gasteiger partial charge is 0.490 e. The van der Waals surface area contributed by atoms with Crippen LogP contribution in [-0.4, -0.2) is 48.8 Å². The summed E-state index contributed by atoms with van der Waals surface area (Å²) in [6.07, 6.45) is 1.25. The van der Waals surface area contributed by atoms with Gasteiger partial charge in [-0.25, -0.2) is 0 Å². The van der Waals surface area contributed by atoms with Crippen molar-refractivity contribution in [3.05, 3.63) is 24.3 Å².